The van der Waals surface area contributed by atoms with E-state index < -0.39 is 23.6 Å². The van der Waals surface area contributed by atoms with Gasteiger partial charge in [-0.15, -0.1) is 0 Å². The van der Waals surface area contributed by atoms with Gasteiger partial charge in [-0.3, -0.25) is 0 Å². The van der Waals surface area contributed by atoms with Crippen LogP contribution < -0.4 is 10.6 Å². The third-order valence-electron chi connectivity index (χ3n) is 5.85. The van der Waals surface area contributed by atoms with Crippen molar-refractivity contribution < 1.29 is 27.1 Å². The first-order valence-corrected chi connectivity index (χ1v) is 10.6. The van der Waals surface area contributed by atoms with Crippen molar-refractivity contribution in [3.8, 4) is 0 Å². The minimum atomic E-state index is -4.59. The molecule has 0 aliphatic carbocycles. The number of anilines is 1. The normalized spacial score (nSPS) is 19.3. The fourth-order valence-corrected chi connectivity index (χ4v) is 3.83. The van der Waals surface area contributed by atoms with Crippen LogP contribution in [0.25, 0.3) is 5.65 Å². The Morgan fingerprint density at radius 1 is 1.34 bits per heavy atom. The fraction of sp³-hybridized carbons (Fsp3) is 0.650. The molecule has 2 saturated heterocycles. The van der Waals surface area contributed by atoms with Crippen LogP contribution in [0.15, 0.2) is 12.3 Å². The average Bonchev–Trinajstić information content (AvgIpc) is 3.15. The van der Waals surface area contributed by atoms with Crippen molar-refractivity contribution in [2.45, 2.75) is 50.5 Å². The number of halogens is 4. The molecule has 12 heteroatoms. The Morgan fingerprint density at radius 2 is 2.03 bits per heavy atom. The monoisotopic (exact) mass is 458 g/mol. The number of piperidine rings is 1. The van der Waals surface area contributed by atoms with Gasteiger partial charge in [0.05, 0.1) is 6.20 Å². The lowest BCUT2D eigenvalue weighted by atomic mass is 10.0. The summed E-state index contributed by atoms with van der Waals surface area (Å²) in [4.78, 5) is 17.5. The number of hydrogen-bond donors (Lipinski definition) is 2. The van der Waals surface area contributed by atoms with Crippen LogP contribution >= 0.6 is 0 Å². The molecule has 0 radical (unpaired) electrons. The molecule has 0 bridgehead atoms. The molecule has 0 atom stereocenters. The van der Waals surface area contributed by atoms with E-state index in [1.165, 1.54) is 15.6 Å². The number of hydrogen-bond acceptors (Lipinski definition) is 6. The second-order valence-corrected chi connectivity index (χ2v) is 8.73. The Bertz CT molecular complexity index is 980. The van der Waals surface area contributed by atoms with Crippen molar-refractivity contribution in [1.29, 1.82) is 0 Å². The molecule has 2 fully saturated rings. The van der Waals surface area contributed by atoms with Crippen LogP contribution in [-0.2, 0) is 10.9 Å². The van der Waals surface area contributed by atoms with Crippen molar-refractivity contribution in [1.82, 2.24) is 24.8 Å². The fourth-order valence-electron chi connectivity index (χ4n) is 3.83. The van der Waals surface area contributed by atoms with Crippen LogP contribution in [0.1, 0.15) is 43.9 Å². The summed E-state index contributed by atoms with van der Waals surface area (Å²) in [5.74, 6) is 0.164. The summed E-state index contributed by atoms with van der Waals surface area (Å²) < 4.78 is 60.7. The number of nitrogens with zero attached hydrogens (tertiary/aromatic N) is 4. The first kappa shape index (κ1) is 22.6. The second kappa shape index (κ2) is 8.38. The Kier molecular flexibility index (Phi) is 5.91. The van der Waals surface area contributed by atoms with E-state index in [9.17, 15) is 22.4 Å². The highest BCUT2D eigenvalue weighted by Crippen LogP contribution is 2.32. The standard InChI is InChI=1S/C20H26F4N6O2/c1-12(2)14-8-26-30-16(7-15(20(22,23)24)28-17(14)30)27-13-3-5-29(6-4-13)18(31)32-11-19(21)9-25-10-19/h7-8,12-13,25,27H,3-6,9-11H2,1-2H3. The number of alkyl halides is 4. The van der Waals surface area contributed by atoms with Crippen molar-refractivity contribution in [2.75, 3.05) is 38.1 Å². The summed E-state index contributed by atoms with van der Waals surface area (Å²) in [5, 5.41) is 10.2. The smallest absolute Gasteiger partial charge is 0.433 e. The second-order valence-electron chi connectivity index (χ2n) is 8.73. The Balaban J connectivity index is 1.43. The quantitative estimate of drug-likeness (QED) is 0.670. The maximum Gasteiger partial charge on any atom is 0.433 e. The number of fused-ring (bicyclic) bond motifs is 1. The largest absolute Gasteiger partial charge is 0.446 e. The number of likely N-dealkylation sites (tertiary alicyclic amines) is 1. The van der Waals surface area contributed by atoms with Gasteiger partial charge in [0.2, 0.25) is 0 Å². The van der Waals surface area contributed by atoms with Gasteiger partial charge in [0.1, 0.15) is 12.4 Å². The van der Waals surface area contributed by atoms with E-state index in [4.69, 9.17) is 4.74 Å². The van der Waals surface area contributed by atoms with Gasteiger partial charge in [-0.2, -0.15) is 22.8 Å². The maximum atomic E-state index is 14.0. The molecule has 4 rings (SSSR count). The lowest BCUT2D eigenvalue weighted by molar-refractivity contribution is -0.141. The van der Waals surface area contributed by atoms with Crippen LogP contribution in [0, 0.1) is 0 Å². The zero-order chi connectivity index (χ0) is 23.1. The average molecular weight is 458 g/mol. The van der Waals surface area contributed by atoms with E-state index in [1.54, 1.807) is 0 Å². The zero-order valence-electron chi connectivity index (χ0n) is 17.9. The number of aromatic nitrogens is 3. The topological polar surface area (TPSA) is 83.8 Å². The van der Waals surface area contributed by atoms with Gasteiger partial charge in [0, 0.05) is 43.9 Å². The first-order valence-electron chi connectivity index (χ1n) is 10.6. The van der Waals surface area contributed by atoms with Gasteiger partial charge in [0.15, 0.2) is 17.0 Å². The molecule has 2 N–H and O–H groups in total. The van der Waals surface area contributed by atoms with Crippen LogP contribution in [-0.4, -0.2) is 70.1 Å². The zero-order valence-corrected chi connectivity index (χ0v) is 17.9. The van der Waals surface area contributed by atoms with Crippen LogP contribution in [0.5, 0.6) is 0 Å². The molecular formula is C20H26F4N6O2. The Hall–Kier alpha value is -2.63. The molecule has 2 aromatic rings. The van der Waals surface area contributed by atoms with Crippen molar-refractivity contribution >= 4 is 17.6 Å². The molecule has 176 valence electrons. The molecule has 0 unspecified atom stereocenters. The lowest BCUT2D eigenvalue weighted by Crippen LogP contribution is -2.59. The minimum absolute atomic E-state index is 0.0373. The summed E-state index contributed by atoms with van der Waals surface area (Å²) in [6.07, 6.45) is -2.63. The molecule has 8 nitrogen and oxygen atoms in total. The third-order valence-corrected chi connectivity index (χ3v) is 5.85. The molecule has 0 spiro atoms. The lowest BCUT2D eigenvalue weighted by Gasteiger charge is -2.36. The van der Waals surface area contributed by atoms with Gasteiger partial charge in [0.25, 0.3) is 0 Å². The van der Waals surface area contributed by atoms with Gasteiger partial charge in [-0.1, -0.05) is 13.8 Å². The van der Waals surface area contributed by atoms with Crippen molar-refractivity contribution in [3.05, 3.63) is 23.5 Å². The highest BCUT2D eigenvalue weighted by atomic mass is 19.4. The predicted octanol–water partition coefficient (Wildman–Crippen LogP) is 3.20. The molecule has 0 saturated carbocycles. The minimum Gasteiger partial charge on any atom is -0.446 e. The van der Waals surface area contributed by atoms with Gasteiger partial charge >= 0.3 is 12.3 Å². The number of amides is 1. The molecule has 0 aromatic carbocycles. The highest BCUT2D eigenvalue weighted by Gasteiger charge is 2.39. The SMILES string of the molecule is CC(C)c1cnn2c(NC3CCN(C(=O)OCC4(F)CNC4)CC3)cc(C(F)(F)F)nc12. The molecule has 4 heterocycles. The number of carbonyl (C=O) groups excluding carboxylic acids is 1. The van der Waals surface area contributed by atoms with Crippen LogP contribution in [0.4, 0.5) is 28.2 Å². The molecule has 2 aromatic heterocycles. The van der Waals surface area contributed by atoms with E-state index in [0.717, 1.165) is 6.07 Å². The number of nitrogens with one attached hydrogen (secondary N) is 2. The Morgan fingerprint density at radius 3 is 2.59 bits per heavy atom. The van der Waals surface area contributed by atoms with E-state index >= 15 is 0 Å². The molecular weight excluding hydrogens is 432 g/mol. The summed E-state index contributed by atoms with van der Waals surface area (Å²) in [6.45, 7) is 4.48. The van der Waals surface area contributed by atoms with Crippen molar-refractivity contribution in [2.24, 2.45) is 0 Å². The summed E-state index contributed by atoms with van der Waals surface area (Å²) in [7, 11) is 0. The highest BCUT2D eigenvalue weighted by molar-refractivity contribution is 5.68. The van der Waals surface area contributed by atoms with E-state index in [2.05, 4.69) is 20.7 Å². The summed E-state index contributed by atoms with van der Waals surface area (Å²) in [6, 6.07) is 0.791. The van der Waals surface area contributed by atoms with E-state index in [-0.39, 0.29) is 43.1 Å². The predicted molar refractivity (Wildman–Crippen MR) is 108 cm³/mol. The Labute approximate surface area is 182 Å². The molecule has 32 heavy (non-hydrogen) atoms. The van der Waals surface area contributed by atoms with Crippen molar-refractivity contribution in [3.63, 3.8) is 0 Å². The van der Waals surface area contributed by atoms with Gasteiger partial charge in [-0.25, -0.2) is 14.2 Å². The molecule has 2 aliphatic rings. The first-order chi connectivity index (χ1) is 15.1. The van der Waals surface area contributed by atoms with Crippen LogP contribution in [0.2, 0.25) is 0 Å². The third kappa shape index (κ3) is 4.59. The molecule has 1 amide bonds. The summed E-state index contributed by atoms with van der Waals surface area (Å²) >= 11 is 0. The van der Waals surface area contributed by atoms with E-state index in [1.807, 2.05) is 13.8 Å². The number of rotatable bonds is 5. The van der Waals surface area contributed by atoms with E-state index in [0.29, 0.717) is 31.5 Å². The maximum absolute atomic E-state index is 14.0. The molecule has 2 aliphatic heterocycles. The number of ether oxygens (including phenoxy) is 1. The van der Waals surface area contributed by atoms with Gasteiger partial charge < -0.3 is 20.3 Å². The number of carbonyl (C=O) groups is 1. The summed E-state index contributed by atoms with van der Waals surface area (Å²) in [5.41, 5.74) is -1.69. The van der Waals surface area contributed by atoms with Crippen LogP contribution in [0.3, 0.4) is 0 Å². The van der Waals surface area contributed by atoms with Gasteiger partial charge in [-0.05, 0) is 18.8 Å².